The Morgan fingerprint density at radius 2 is 1.79 bits per heavy atom. The van der Waals surface area contributed by atoms with Crippen molar-refractivity contribution in [2.75, 3.05) is 7.11 Å². The number of esters is 1. The number of carbonyl (C=O) groups is 3. The van der Waals surface area contributed by atoms with E-state index in [2.05, 4.69) is 15.9 Å². The van der Waals surface area contributed by atoms with Crippen LogP contribution in [0.4, 0.5) is 0 Å². The highest BCUT2D eigenvalue weighted by Crippen LogP contribution is 2.43. The van der Waals surface area contributed by atoms with Gasteiger partial charge in [0.15, 0.2) is 23.4 Å². The van der Waals surface area contributed by atoms with E-state index >= 15 is 0 Å². The molecule has 0 radical (unpaired) electrons. The van der Waals surface area contributed by atoms with Crippen molar-refractivity contribution in [3.63, 3.8) is 0 Å². The Bertz CT molecular complexity index is 1230. The van der Waals surface area contributed by atoms with E-state index in [-0.39, 0.29) is 28.4 Å². The van der Waals surface area contributed by atoms with Gasteiger partial charge in [0.2, 0.25) is 0 Å². The molecule has 8 heteroatoms. The zero-order valence-corrected chi connectivity index (χ0v) is 20.4. The normalized spacial score (nSPS) is 24.5. The summed E-state index contributed by atoms with van der Waals surface area (Å²) in [4.78, 5) is 39.0. The fourth-order valence-electron chi connectivity index (χ4n) is 4.25. The van der Waals surface area contributed by atoms with Gasteiger partial charge in [-0.15, -0.1) is 0 Å². The van der Waals surface area contributed by atoms with Crippen LogP contribution in [-0.4, -0.2) is 47.6 Å². The fraction of sp³-hybridized carbons (Fsp3) is 0.320. The van der Waals surface area contributed by atoms with Crippen LogP contribution in [0, 0.1) is 13.8 Å². The van der Waals surface area contributed by atoms with E-state index in [0.717, 1.165) is 4.47 Å². The zero-order valence-electron chi connectivity index (χ0n) is 18.8. The second-order valence-corrected chi connectivity index (χ2v) is 9.35. The molecular weight excluding hydrogens is 492 g/mol. The largest absolute Gasteiger partial charge is 0.478 e. The summed E-state index contributed by atoms with van der Waals surface area (Å²) in [6, 6.07) is 8.59. The summed E-state index contributed by atoms with van der Waals surface area (Å²) in [6.07, 6.45) is -2.61. The van der Waals surface area contributed by atoms with E-state index in [0.29, 0.717) is 22.3 Å². The van der Waals surface area contributed by atoms with Crippen LogP contribution in [0.1, 0.15) is 51.3 Å². The minimum atomic E-state index is -1.52. The predicted octanol–water partition coefficient (Wildman–Crippen LogP) is 3.84. The molecule has 0 saturated heterocycles. The number of ketones is 2. The van der Waals surface area contributed by atoms with Crippen molar-refractivity contribution in [1.29, 1.82) is 0 Å². The first-order valence-corrected chi connectivity index (χ1v) is 11.1. The number of halogens is 1. The quantitative estimate of drug-likeness (QED) is 0.490. The summed E-state index contributed by atoms with van der Waals surface area (Å²) in [7, 11) is 1.34. The van der Waals surface area contributed by atoms with Crippen LogP contribution in [0.2, 0.25) is 0 Å². The van der Waals surface area contributed by atoms with Gasteiger partial charge in [0.1, 0.15) is 23.0 Å². The number of Topliss-reactive ketones (excluding diaryl/α,β-unsaturated/α-hetero) is 1. The van der Waals surface area contributed by atoms with Crippen LogP contribution in [0.5, 0.6) is 5.75 Å². The van der Waals surface area contributed by atoms with Crippen molar-refractivity contribution in [3.05, 3.63) is 74.0 Å². The first kappa shape index (κ1) is 23.4. The molecular formula is C25H23BrO7. The summed E-state index contributed by atoms with van der Waals surface area (Å²) < 4.78 is 18.3. The van der Waals surface area contributed by atoms with Gasteiger partial charge in [-0.3, -0.25) is 9.59 Å². The second-order valence-electron chi connectivity index (χ2n) is 8.44. The molecule has 1 aliphatic heterocycles. The molecule has 4 rings (SSSR count). The number of hydrogen-bond acceptors (Lipinski definition) is 7. The average Bonchev–Trinajstić information content (AvgIpc) is 2.96. The van der Waals surface area contributed by atoms with Crippen LogP contribution < -0.4 is 4.74 Å². The van der Waals surface area contributed by atoms with E-state index in [1.807, 2.05) is 0 Å². The molecule has 0 bridgehead atoms. The Hall–Kier alpha value is -2.81. The summed E-state index contributed by atoms with van der Waals surface area (Å²) in [5.74, 6) is -1.37. The summed E-state index contributed by atoms with van der Waals surface area (Å²) >= 11 is 3.36. The third-order valence-corrected chi connectivity index (χ3v) is 6.98. The van der Waals surface area contributed by atoms with Crippen LogP contribution in [0.3, 0.4) is 0 Å². The molecule has 2 aromatic rings. The standard InChI is InChI=1S/C25H23BrO7/c1-11-10-16(19(28)14-6-8-15(26)9-7-14)12(2)20-17(11)24(30)33-21-13(3)18(27)22(29)25(4,31-5)23(21)32-20/h6-10,22-23,29H,1-5H3. The highest BCUT2D eigenvalue weighted by atomic mass is 79.9. The zero-order chi connectivity index (χ0) is 24.2. The van der Waals surface area contributed by atoms with Gasteiger partial charge < -0.3 is 19.3 Å². The maximum Gasteiger partial charge on any atom is 0.347 e. The van der Waals surface area contributed by atoms with E-state index < -0.39 is 29.6 Å². The molecule has 0 saturated carbocycles. The predicted molar refractivity (Wildman–Crippen MR) is 122 cm³/mol. The van der Waals surface area contributed by atoms with E-state index in [1.54, 1.807) is 44.2 Å². The van der Waals surface area contributed by atoms with Crippen molar-refractivity contribution in [2.45, 2.75) is 45.5 Å². The number of aliphatic hydroxyl groups excluding tert-OH is 1. The Kier molecular flexibility index (Phi) is 5.80. The van der Waals surface area contributed by atoms with Crippen LogP contribution >= 0.6 is 15.9 Å². The molecule has 1 N–H and O–H groups in total. The van der Waals surface area contributed by atoms with Gasteiger partial charge in [0, 0.05) is 33.8 Å². The molecule has 0 aromatic heterocycles. The van der Waals surface area contributed by atoms with Gasteiger partial charge >= 0.3 is 5.97 Å². The number of hydrogen-bond donors (Lipinski definition) is 1. The third-order valence-electron chi connectivity index (χ3n) is 6.45. The van der Waals surface area contributed by atoms with E-state index in [4.69, 9.17) is 14.2 Å². The third kappa shape index (κ3) is 3.53. The number of ether oxygens (including phenoxy) is 3. The molecule has 0 amide bonds. The van der Waals surface area contributed by atoms with Crippen molar-refractivity contribution < 1.29 is 33.7 Å². The first-order chi connectivity index (χ1) is 15.5. The van der Waals surface area contributed by atoms with Gasteiger partial charge in [0.25, 0.3) is 0 Å². The van der Waals surface area contributed by atoms with Crippen molar-refractivity contribution in [3.8, 4) is 5.75 Å². The molecule has 3 unspecified atom stereocenters. The van der Waals surface area contributed by atoms with Crippen LogP contribution in [0.15, 0.2) is 46.1 Å². The minimum Gasteiger partial charge on any atom is -0.478 e. The fourth-order valence-corrected chi connectivity index (χ4v) is 4.52. The lowest BCUT2D eigenvalue weighted by Crippen LogP contribution is -2.60. The molecule has 2 aromatic carbocycles. The SMILES string of the molecule is COC1(C)C(O)C(=O)C(C)=C2OC(=O)c3c(C)cc(C(=O)c4ccc(Br)cc4)c(C)c3OC21. The number of aliphatic hydroxyl groups is 1. The van der Waals surface area contributed by atoms with Gasteiger partial charge in [0.05, 0.1) is 0 Å². The Morgan fingerprint density at radius 1 is 1.15 bits per heavy atom. The van der Waals surface area contributed by atoms with Gasteiger partial charge in [-0.25, -0.2) is 4.79 Å². The molecule has 0 fully saturated rings. The summed E-state index contributed by atoms with van der Waals surface area (Å²) in [6.45, 7) is 6.36. The Balaban J connectivity index is 1.91. The van der Waals surface area contributed by atoms with Crippen LogP contribution in [0.25, 0.3) is 0 Å². The first-order valence-electron chi connectivity index (χ1n) is 10.3. The van der Waals surface area contributed by atoms with Crippen molar-refractivity contribution in [2.24, 2.45) is 0 Å². The number of carbonyl (C=O) groups excluding carboxylic acids is 3. The van der Waals surface area contributed by atoms with Crippen molar-refractivity contribution in [1.82, 2.24) is 0 Å². The Morgan fingerprint density at radius 3 is 2.39 bits per heavy atom. The van der Waals surface area contributed by atoms with Gasteiger partial charge in [-0.05, 0) is 63.6 Å². The average molecular weight is 515 g/mol. The monoisotopic (exact) mass is 514 g/mol. The summed E-state index contributed by atoms with van der Waals surface area (Å²) in [5.41, 5.74) is 0.526. The molecule has 1 heterocycles. The number of rotatable bonds is 3. The molecule has 0 spiro atoms. The molecule has 3 atom stereocenters. The second kappa shape index (κ2) is 8.20. The lowest BCUT2D eigenvalue weighted by molar-refractivity contribution is -0.166. The topological polar surface area (TPSA) is 99.1 Å². The van der Waals surface area contributed by atoms with E-state index in [9.17, 15) is 19.5 Å². The van der Waals surface area contributed by atoms with Gasteiger partial charge in [-0.1, -0.05) is 15.9 Å². The van der Waals surface area contributed by atoms with Gasteiger partial charge in [-0.2, -0.15) is 0 Å². The number of methoxy groups -OCH3 is 1. The highest BCUT2D eigenvalue weighted by molar-refractivity contribution is 9.10. The molecule has 7 nitrogen and oxygen atoms in total. The minimum absolute atomic E-state index is 0.00423. The highest BCUT2D eigenvalue weighted by Gasteiger charge is 2.56. The molecule has 33 heavy (non-hydrogen) atoms. The molecule has 2 aliphatic rings. The van der Waals surface area contributed by atoms with Crippen molar-refractivity contribution >= 4 is 33.5 Å². The molecule has 172 valence electrons. The lowest BCUT2D eigenvalue weighted by atomic mass is 9.79. The number of aryl methyl sites for hydroxylation is 1. The number of benzene rings is 2. The maximum absolute atomic E-state index is 13.3. The molecule has 1 aliphatic carbocycles. The Labute approximate surface area is 199 Å². The number of fused-ring (bicyclic) bond motifs is 2. The maximum atomic E-state index is 13.3. The van der Waals surface area contributed by atoms with E-state index in [1.165, 1.54) is 21.0 Å². The lowest BCUT2D eigenvalue weighted by Gasteiger charge is -2.42. The van der Waals surface area contributed by atoms with Crippen LogP contribution in [-0.2, 0) is 14.3 Å². The summed E-state index contributed by atoms with van der Waals surface area (Å²) in [5, 5.41) is 10.7. The smallest absolute Gasteiger partial charge is 0.347 e.